The Bertz CT molecular complexity index is 1460. The van der Waals surface area contributed by atoms with Gasteiger partial charge in [0, 0.05) is 56.1 Å². The number of aromatic nitrogens is 5. The minimum absolute atomic E-state index is 0.0129. The summed E-state index contributed by atoms with van der Waals surface area (Å²) in [6.45, 7) is 11.8. The predicted molar refractivity (Wildman–Crippen MR) is 142 cm³/mol. The summed E-state index contributed by atoms with van der Waals surface area (Å²) in [6.07, 6.45) is 4.68. The van der Waals surface area contributed by atoms with E-state index in [1.54, 1.807) is 13.1 Å². The topological polar surface area (TPSA) is 91.5 Å². The predicted octanol–water partition coefficient (Wildman–Crippen LogP) is 3.97. The monoisotopic (exact) mass is 486 g/mol. The SMILES string of the molecule is CC(=O)c1c(C)c2cnc(Nc3ccc4c(n3)CCN(CCN(C)C)C4)nc2n2cc(C(C)C)nc12. The van der Waals surface area contributed by atoms with Crippen molar-refractivity contribution >= 4 is 34.2 Å². The Morgan fingerprint density at radius 1 is 1.17 bits per heavy atom. The highest BCUT2D eigenvalue weighted by Crippen LogP contribution is 2.28. The number of Topliss-reactive ketones (excluding diaryl/α,β-unsaturated/α-hetero) is 1. The summed E-state index contributed by atoms with van der Waals surface area (Å²) in [5.74, 6) is 1.42. The average molecular weight is 487 g/mol. The molecule has 1 N–H and O–H groups in total. The van der Waals surface area contributed by atoms with Crippen LogP contribution in [-0.4, -0.2) is 73.6 Å². The van der Waals surface area contributed by atoms with Gasteiger partial charge in [-0.25, -0.2) is 15.0 Å². The van der Waals surface area contributed by atoms with Gasteiger partial charge in [0.1, 0.15) is 11.5 Å². The molecule has 0 unspecified atom stereocenters. The van der Waals surface area contributed by atoms with Gasteiger partial charge in [0.05, 0.1) is 11.3 Å². The number of hydrogen-bond donors (Lipinski definition) is 1. The molecule has 9 heteroatoms. The molecule has 5 rings (SSSR count). The van der Waals surface area contributed by atoms with E-state index < -0.39 is 0 Å². The third-order valence-electron chi connectivity index (χ3n) is 6.90. The van der Waals surface area contributed by atoms with E-state index in [-0.39, 0.29) is 11.7 Å². The van der Waals surface area contributed by atoms with Crippen LogP contribution in [0.1, 0.15) is 59.6 Å². The molecule has 36 heavy (non-hydrogen) atoms. The lowest BCUT2D eigenvalue weighted by Crippen LogP contribution is -2.36. The standard InChI is InChI=1S/C27H34N8O/c1-16(2)22-15-35-25-20(17(3)24(18(4)36)26(35)30-22)13-28-27(32-25)31-23-8-7-19-14-34(12-11-33(5)6)10-9-21(19)29-23/h7-8,13,15-16H,9-12,14H2,1-6H3,(H,28,29,31,32). The summed E-state index contributed by atoms with van der Waals surface area (Å²) in [4.78, 5) is 36.2. The fraction of sp³-hybridized carbons (Fsp3) is 0.444. The summed E-state index contributed by atoms with van der Waals surface area (Å²) in [7, 11) is 4.22. The van der Waals surface area contributed by atoms with Crippen LogP contribution in [0.15, 0.2) is 24.5 Å². The van der Waals surface area contributed by atoms with Crippen molar-refractivity contribution in [1.82, 2.24) is 34.1 Å². The maximum Gasteiger partial charge on any atom is 0.230 e. The summed E-state index contributed by atoms with van der Waals surface area (Å²) in [5, 5.41) is 4.13. The number of likely N-dealkylation sites (N-methyl/N-ethyl adjacent to an activating group) is 1. The van der Waals surface area contributed by atoms with Crippen molar-refractivity contribution in [3.63, 3.8) is 0 Å². The van der Waals surface area contributed by atoms with E-state index in [0.29, 0.717) is 17.2 Å². The average Bonchev–Trinajstić information content (AvgIpc) is 3.28. The largest absolute Gasteiger partial charge is 0.309 e. The van der Waals surface area contributed by atoms with E-state index in [0.717, 1.165) is 66.4 Å². The first-order valence-corrected chi connectivity index (χ1v) is 12.5. The highest BCUT2D eigenvalue weighted by molar-refractivity contribution is 6.05. The van der Waals surface area contributed by atoms with Crippen molar-refractivity contribution in [2.75, 3.05) is 39.0 Å². The smallest absolute Gasteiger partial charge is 0.230 e. The first kappa shape index (κ1) is 24.3. The number of fused-ring (bicyclic) bond motifs is 4. The molecule has 0 saturated heterocycles. The van der Waals surface area contributed by atoms with Gasteiger partial charge < -0.3 is 10.2 Å². The van der Waals surface area contributed by atoms with Gasteiger partial charge in [-0.05, 0) is 51.1 Å². The maximum absolute atomic E-state index is 12.5. The van der Waals surface area contributed by atoms with Gasteiger partial charge in [-0.1, -0.05) is 19.9 Å². The molecule has 188 valence electrons. The van der Waals surface area contributed by atoms with Gasteiger partial charge in [-0.3, -0.25) is 14.1 Å². The maximum atomic E-state index is 12.5. The molecule has 0 aliphatic carbocycles. The van der Waals surface area contributed by atoms with Gasteiger partial charge in [0.15, 0.2) is 11.4 Å². The van der Waals surface area contributed by atoms with Crippen LogP contribution < -0.4 is 5.32 Å². The van der Waals surface area contributed by atoms with Crippen molar-refractivity contribution in [2.24, 2.45) is 0 Å². The molecule has 4 aromatic rings. The van der Waals surface area contributed by atoms with Gasteiger partial charge in [0.2, 0.25) is 5.95 Å². The summed E-state index contributed by atoms with van der Waals surface area (Å²) < 4.78 is 1.92. The lowest BCUT2D eigenvalue weighted by atomic mass is 10.0. The van der Waals surface area contributed by atoms with Crippen molar-refractivity contribution in [3.05, 3.63) is 52.6 Å². The molecule has 4 aromatic heterocycles. The molecule has 0 saturated carbocycles. The van der Waals surface area contributed by atoms with Crippen molar-refractivity contribution in [2.45, 2.75) is 46.6 Å². The molecule has 0 fully saturated rings. The van der Waals surface area contributed by atoms with E-state index in [1.165, 1.54) is 5.56 Å². The zero-order chi connectivity index (χ0) is 25.6. The number of rotatable bonds is 7. The van der Waals surface area contributed by atoms with Gasteiger partial charge in [0.25, 0.3) is 0 Å². The molecule has 1 aliphatic rings. The van der Waals surface area contributed by atoms with Crippen LogP contribution in [0.5, 0.6) is 0 Å². The number of nitrogens with one attached hydrogen (secondary N) is 1. The Kier molecular flexibility index (Phi) is 6.44. The van der Waals surface area contributed by atoms with E-state index >= 15 is 0 Å². The zero-order valence-corrected chi connectivity index (χ0v) is 22.0. The molecule has 0 bridgehead atoms. The third-order valence-corrected chi connectivity index (χ3v) is 6.90. The summed E-state index contributed by atoms with van der Waals surface area (Å²) >= 11 is 0. The number of pyridine rings is 2. The van der Waals surface area contributed by atoms with Gasteiger partial charge >= 0.3 is 0 Å². The number of carbonyl (C=O) groups excluding carboxylic acids is 1. The lowest BCUT2D eigenvalue weighted by molar-refractivity contribution is 0.101. The van der Waals surface area contributed by atoms with E-state index in [4.69, 9.17) is 15.0 Å². The van der Waals surface area contributed by atoms with Crippen LogP contribution in [0.3, 0.4) is 0 Å². The molecule has 0 spiro atoms. The Morgan fingerprint density at radius 2 is 1.97 bits per heavy atom. The number of ketones is 1. The zero-order valence-electron chi connectivity index (χ0n) is 22.0. The Morgan fingerprint density at radius 3 is 2.69 bits per heavy atom. The fourth-order valence-electron chi connectivity index (χ4n) is 4.81. The molecule has 9 nitrogen and oxygen atoms in total. The lowest BCUT2D eigenvalue weighted by Gasteiger charge is -2.29. The molecule has 1 aliphatic heterocycles. The Balaban J connectivity index is 1.47. The molecule has 5 heterocycles. The second-order valence-electron chi connectivity index (χ2n) is 10.3. The molecular formula is C27H34N8O. The van der Waals surface area contributed by atoms with Crippen LogP contribution in [0.4, 0.5) is 11.8 Å². The van der Waals surface area contributed by atoms with E-state index in [2.05, 4.69) is 54.1 Å². The number of nitrogens with zero attached hydrogens (tertiary/aromatic N) is 7. The van der Waals surface area contributed by atoms with Crippen LogP contribution in [0, 0.1) is 6.92 Å². The number of aryl methyl sites for hydroxylation is 1. The number of hydrogen-bond acceptors (Lipinski definition) is 8. The fourth-order valence-corrected chi connectivity index (χ4v) is 4.81. The molecule has 0 amide bonds. The highest BCUT2D eigenvalue weighted by Gasteiger charge is 2.21. The molecule has 0 aromatic carbocycles. The summed E-state index contributed by atoms with van der Waals surface area (Å²) in [5.41, 5.74) is 6.16. The number of anilines is 2. The second kappa shape index (κ2) is 9.55. The molecule has 0 radical (unpaired) electrons. The van der Waals surface area contributed by atoms with E-state index in [9.17, 15) is 4.79 Å². The second-order valence-corrected chi connectivity index (χ2v) is 10.3. The first-order chi connectivity index (χ1) is 17.2. The molecule has 0 atom stereocenters. The third kappa shape index (κ3) is 4.56. The van der Waals surface area contributed by atoms with Crippen LogP contribution >= 0.6 is 0 Å². The van der Waals surface area contributed by atoms with Gasteiger partial charge in [-0.2, -0.15) is 4.98 Å². The normalized spacial score (nSPS) is 14.2. The number of imidazole rings is 1. The van der Waals surface area contributed by atoms with Crippen LogP contribution in [0.2, 0.25) is 0 Å². The first-order valence-electron chi connectivity index (χ1n) is 12.5. The molecular weight excluding hydrogens is 452 g/mol. The van der Waals surface area contributed by atoms with Crippen molar-refractivity contribution in [1.29, 1.82) is 0 Å². The Hall–Kier alpha value is -3.43. The minimum atomic E-state index is -0.0129. The van der Waals surface area contributed by atoms with E-state index in [1.807, 2.05) is 23.6 Å². The number of carbonyl (C=O) groups is 1. The summed E-state index contributed by atoms with van der Waals surface area (Å²) in [6, 6.07) is 4.15. The van der Waals surface area contributed by atoms with Crippen molar-refractivity contribution < 1.29 is 4.79 Å². The minimum Gasteiger partial charge on any atom is -0.309 e. The van der Waals surface area contributed by atoms with Crippen LogP contribution in [0.25, 0.3) is 16.7 Å². The highest BCUT2D eigenvalue weighted by atomic mass is 16.1. The van der Waals surface area contributed by atoms with Crippen molar-refractivity contribution in [3.8, 4) is 0 Å². The van der Waals surface area contributed by atoms with Crippen LogP contribution in [-0.2, 0) is 13.0 Å². The Labute approximate surface area is 211 Å². The van der Waals surface area contributed by atoms with Gasteiger partial charge in [-0.15, -0.1) is 0 Å². The quantitative estimate of drug-likeness (QED) is 0.393.